The minimum Gasteiger partial charge on any atom is -0.377 e. The molecule has 3 rings (SSSR count). The molecule has 0 aliphatic heterocycles. The molecule has 23 heavy (non-hydrogen) atoms. The van der Waals surface area contributed by atoms with Gasteiger partial charge in [-0.3, -0.25) is 0 Å². The molecule has 1 aliphatic rings. The number of hydrogen-bond donors (Lipinski definition) is 0. The maximum Gasteiger partial charge on any atom is 0.0446 e. The van der Waals surface area contributed by atoms with Gasteiger partial charge in [-0.25, -0.2) is 0 Å². The van der Waals surface area contributed by atoms with Gasteiger partial charge in [-0.1, -0.05) is 48.0 Å². The summed E-state index contributed by atoms with van der Waals surface area (Å²) in [4.78, 5) is 2.24. The third kappa shape index (κ3) is 2.84. The summed E-state index contributed by atoms with van der Waals surface area (Å²) in [5.74, 6) is 0. The van der Waals surface area contributed by atoms with E-state index in [1.54, 1.807) is 0 Å². The molecular formula is C22H25N. The SMILES string of the molecule is CC1=C(/C(=C\c2ccccc2)N(C)C)c2c(C)ccc(C)c2C1. The average molecular weight is 303 g/mol. The van der Waals surface area contributed by atoms with Crippen LogP contribution in [-0.2, 0) is 6.42 Å². The average Bonchev–Trinajstić information content (AvgIpc) is 2.88. The summed E-state index contributed by atoms with van der Waals surface area (Å²) in [6.45, 7) is 6.73. The number of allylic oxidation sites excluding steroid dienone is 2. The second-order valence-electron chi connectivity index (χ2n) is 6.72. The fraction of sp³-hybridized carbons (Fsp3) is 0.273. The fourth-order valence-electron chi connectivity index (χ4n) is 3.49. The van der Waals surface area contributed by atoms with Gasteiger partial charge >= 0.3 is 0 Å². The van der Waals surface area contributed by atoms with Crippen molar-refractivity contribution in [3.8, 4) is 0 Å². The monoisotopic (exact) mass is 303 g/mol. The Morgan fingerprint density at radius 2 is 1.57 bits per heavy atom. The van der Waals surface area contributed by atoms with Crippen molar-refractivity contribution in [3.05, 3.63) is 81.6 Å². The minimum atomic E-state index is 1.07. The van der Waals surface area contributed by atoms with E-state index in [0.29, 0.717) is 0 Å². The van der Waals surface area contributed by atoms with E-state index in [1.807, 2.05) is 0 Å². The molecule has 0 spiro atoms. The summed E-state index contributed by atoms with van der Waals surface area (Å²) in [6.07, 6.45) is 3.37. The van der Waals surface area contributed by atoms with E-state index in [4.69, 9.17) is 0 Å². The van der Waals surface area contributed by atoms with Crippen molar-refractivity contribution in [2.45, 2.75) is 27.2 Å². The van der Waals surface area contributed by atoms with Crippen LogP contribution in [0.25, 0.3) is 11.6 Å². The first-order valence-electron chi connectivity index (χ1n) is 8.22. The van der Waals surface area contributed by atoms with E-state index < -0.39 is 0 Å². The highest BCUT2D eigenvalue weighted by Crippen LogP contribution is 2.41. The van der Waals surface area contributed by atoms with Crippen molar-refractivity contribution in [1.29, 1.82) is 0 Å². The third-order valence-corrected chi connectivity index (χ3v) is 4.72. The highest BCUT2D eigenvalue weighted by Gasteiger charge is 2.25. The molecule has 0 heterocycles. The summed E-state index contributed by atoms with van der Waals surface area (Å²) in [7, 11) is 4.27. The summed E-state index contributed by atoms with van der Waals surface area (Å²) >= 11 is 0. The van der Waals surface area contributed by atoms with Gasteiger partial charge in [0.2, 0.25) is 0 Å². The van der Waals surface area contributed by atoms with Crippen LogP contribution in [0.3, 0.4) is 0 Å². The number of hydrogen-bond acceptors (Lipinski definition) is 1. The molecule has 0 aromatic heterocycles. The fourth-order valence-corrected chi connectivity index (χ4v) is 3.49. The molecule has 0 unspecified atom stereocenters. The normalized spacial score (nSPS) is 14.2. The Balaban J connectivity index is 2.19. The molecule has 0 fully saturated rings. The van der Waals surface area contributed by atoms with E-state index in [0.717, 1.165) is 6.42 Å². The van der Waals surface area contributed by atoms with Gasteiger partial charge in [0.1, 0.15) is 0 Å². The topological polar surface area (TPSA) is 3.24 Å². The number of fused-ring (bicyclic) bond motifs is 1. The van der Waals surface area contributed by atoms with Crippen LogP contribution in [0.15, 0.2) is 53.7 Å². The molecule has 0 atom stereocenters. The molecule has 0 N–H and O–H groups in total. The Labute approximate surface area is 140 Å². The summed E-state index contributed by atoms with van der Waals surface area (Å²) in [6, 6.07) is 15.1. The van der Waals surface area contributed by atoms with E-state index in [2.05, 4.69) is 88.3 Å². The first kappa shape index (κ1) is 15.6. The molecule has 0 saturated carbocycles. The van der Waals surface area contributed by atoms with Crippen LogP contribution in [0.2, 0.25) is 0 Å². The van der Waals surface area contributed by atoms with Gasteiger partial charge in [-0.15, -0.1) is 0 Å². The maximum atomic E-state index is 2.30. The molecule has 2 aromatic carbocycles. The highest BCUT2D eigenvalue weighted by molar-refractivity contribution is 5.91. The quantitative estimate of drug-likeness (QED) is 0.750. The van der Waals surface area contributed by atoms with Gasteiger partial charge in [0, 0.05) is 25.4 Å². The summed E-state index contributed by atoms with van der Waals surface area (Å²) < 4.78 is 0. The Bertz CT molecular complexity index is 792. The highest BCUT2D eigenvalue weighted by atomic mass is 15.1. The molecule has 1 aliphatic carbocycles. The van der Waals surface area contributed by atoms with E-state index in [9.17, 15) is 0 Å². The zero-order valence-electron chi connectivity index (χ0n) is 14.8. The third-order valence-electron chi connectivity index (χ3n) is 4.72. The zero-order valence-corrected chi connectivity index (χ0v) is 14.8. The van der Waals surface area contributed by atoms with Gasteiger partial charge in [0.05, 0.1) is 0 Å². The van der Waals surface area contributed by atoms with Crippen molar-refractivity contribution in [2.24, 2.45) is 0 Å². The smallest absolute Gasteiger partial charge is 0.0446 e. The predicted molar refractivity (Wildman–Crippen MR) is 100 cm³/mol. The van der Waals surface area contributed by atoms with Crippen LogP contribution in [0.1, 0.15) is 34.7 Å². The molecule has 118 valence electrons. The van der Waals surface area contributed by atoms with Gasteiger partial charge in [0.25, 0.3) is 0 Å². The number of nitrogens with zero attached hydrogens (tertiary/aromatic N) is 1. The second-order valence-corrected chi connectivity index (χ2v) is 6.72. The first-order valence-corrected chi connectivity index (χ1v) is 8.22. The van der Waals surface area contributed by atoms with Gasteiger partial charge in [-0.05, 0) is 61.1 Å². The minimum absolute atomic E-state index is 1.07. The lowest BCUT2D eigenvalue weighted by molar-refractivity contribution is 0.538. The number of aryl methyl sites for hydroxylation is 2. The van der Waals surface area contributed by atoms with Crippen molar-refractivity contribution in [3.63, 3.8) is 0 Å². The Morgan fingerprint density at radius 1 is 0.913 bits per heavy atom. The Kier molecular flexibility index (Phi) is 4.12. The maximum absolute atomic E-state index is 2.30. The Hall–Kier alpha value is -2.28. The lowest BCUT2D eigenvalue weighted by Gasteiger charge is -2.22. The molecule has 0 amide bonds. The van der Waals surface area contributed by atoms with E-state index in [-0.39, 0.29) is 0 Å². The molecule has 1 heteroatoms. The summed E-state index contributed by atoms with van der Waals surface area (Å²) in [5, 5.41) is 0. The van der Waals surface area contributed by atoms with Crippen molar-refractivity contribution in [2.75, 3.05) is 14.1 Å². The number of rotatable bonds is 3. The molecular weight excluding hydrogens is 278 g/mol. The molecule has 0 bridgehead atoms. The van der Waals surface area contributed by atoms with Crippen LogP contribution in [0, 0.1) is 13.8 Å². The Morgan fingerprint density at radius 3 is 2.22 bits per heavy atom. The van der Waals surface area contributed by atoms with Crippen LogP contribution in [0.5, 0.6) is 0 Å². The van der Waals surface area contributed by atoms with E-state index in [1.165, 1.54) is 44.7 Å². The van der Waals surface area contributed by atoms with Crippen molar-refractivity contribution >= 4 is 11.6 Å². The largest absolute Gasteiger partial charge is 0.377 e. The lowest BCUT2D eigenvalue weighted by Crippen LogP contribution is -2.13. The zero-order chi connectivity index (χ0) is 16.6. The second kappa shape index (κ2) is 6.08. The molecule has 0 saturated heterocycles. The predicted octanol–water partition coefficient (Wildman–Crippen LogP) is 5.24. The van der Waals surface area contributed by atoms with Gasteiger partial charge in [-0.2, -0.15) is 0 Å². The summed E-state index contributed by atoms with van der Waals surface area (Å²) in [5.41, 5.74) is 11.1. The van der Waals surface area contributed by atoms with Crippen LogP contribution >= 0.6 is 0 Å². The van der Waals surface area contributed by atoms with Crippen LogP contribution < -0.4 is 0 Å². The first-order chi connectivity index (χ1) is 11.0. The number of likely N-dealkylation sites (N-methyl/N-ethyl adjacent to an activating group) is 1. The van der Waals surface area contributed by atoms with Crippen molar-refractivity contribution in [1.82, 2.24) is 4.90 Å². The molecule has 2 aromatic rings. The standard InChI is InChI=1S/C22H25N/c1-15-11-12-16(2)21-19(15)13-17(3)22(21)20(23(4)5)14-18-9-7-6-8-10-18/h6-12,14H,13H2,1-5H3/b20-14+. The van der Waals surface area contributed by atoms with Crippen LogP contribution in [-0.4, -0.2) is 19.0 Å². The van der Waals surface area contributed by atoms with Gasteiger partial charge in [0.15, 0.2) is 0 Å². The molecule has 0 radical (unpaired) electrons. The van der Waals surface area contributed by atoms with Gasteiger partial charge < -0.3 is 4.90 Å². The van der Waals surface area contributed by atoms with Crippen molar-refractivity contribution < 1.29 is 0 Å². The van der Waals surface area contributed by atoms with Crippen LogP contribution in [0.4, 0.5) is 0 Å². The number of benzene rings is 2. The van der Waals surface area contributed by atoms with E-state index >= 15 is 0 Å². The molecule has 1 nitrogen and oxygen atoms in total. The lowest BCUT2D eigenvalue weighted by atomic mass is 9.93.